The standard InChI is InChI=1S/C13H16Cl2O2/c1-8-3-5-12(17-8)13(15)10-7-9(14)4-6-11(10)16-2/h4,6-8,12-13H,3,5H2,1-2H3. The molecular formula is C13H16Cl2O2. The van der Waals surface area contributed by atoms with Gasteiger partial charge in [-0.15, -0.1) is 11.6 Å². The van der Waals surface area contributed by atoms with E-state index < -0.39 is 0 Å². The first-order valence-electron chi connectivity index (χ1n) is 5.74. The predicted octanol–water partition coefficient (Wildman–Crippen LogP) is 4.20. The van der Waals surface area contributed by atoms with Crippen LogP contribution in [0.15, 0.2) is 18.2 Å². The van der Waals surface area contributed by atoms with Gasteiger partial charge >= 0.3 is 0 Å². The molecule has 0 aromatic heterocycles. The molecule has 17 heavy (non-hydrogen) atoms. The number of methoxy groups -OCH3 is 1. The van der Waals surface area contributed by atoms with Gasteiger partial charge in [-0.05, 0) is 38.0 Å². The van der Waals surface area contributed by atoms with Crippen LogP contribution in [0.1, 0.15) is 30.7 Å². The van der Waals surface area contributed by atoms with Crippen molar-refractivity contribution in [3.05, 3.63) is 28.8 Å². The van der Waals surface area contributed by atoms with Crippen LogP contribution in [-0.2, 0) is 4.74 Å². The summed E-state index contributed by atoms with van der Waals surface area (Å²) >= 11 is 12.5. The molecule has 0 radical (unpaired) electrons. The van der Waals surface area contributed by atoms with E-state index >= 15 is 0 Å². The molecule has 1 saturated heterocycles. The van der Waals surface area contributed by atoms with Gasteiger partial charge in [0.1, 0.15) is 5.75 Å². The fraction of sp³-hybridized carbons (Fsp3) is 0.538. The van der Waals surface area contributed by atoms with E-state index in [9.17, 15) is 0 Å². The van der Waals surface area contributed by atoms with Crippen molar-refractivity contribution < 1.29 is 9.47 Å². The maximum atomic E-state index is 6.47. The van der Waals surface area contributed by atoms with Gasteiger partial charge < -0.3 is 9.47 Å². The van der Waals surface area contributed by atoms with Gasteiger partial charge in [0.15, 0.2) is 0 Å². The molecule has 0 amide bonds. The van der Waals surface area contributed by atoms with Crippen molar-refractivity contribution in [3.8, 4) is 5.75 Å². The molecule has 1 fully saturated rings. The topological polar surface area (TPSA) is 18.5 Å². The Labute approximate surface area is 112 Å². The minimum absolute atomic E-state index is 0.0408. The lowest BCUT2D eigenvalue weighted by Crippen LogP contribution is -2.15. The molecule has 2 rings (SSSR count). The molecule has 2 nitrogen and oxygen atoms in total. The van der Waals surface area contributed by atoms with Gasteiger partial charge in [0, 0.05) is 10.6 Å². The molecule has 1 aliphatic rings. The third-order valence-electron chi connectivity index (χ3n) is 3.08. The van der Waals surface area contributed by atoms with Gasteiger partial charge in [-0.3, -0.25) is 0 Å². The van der Waals surface area contributed by atoms with Gasteiger partial charge in [-0.1, -0.05) is 11.6 Å². The van der Waals surface area contributed by atoms with Gasteiger partial charge in [0.2, 0.25) is 0 Å². The van der Waals surface area contributed by atoms with Crippen LogP contribution >= 0.6 is 23.2 Å². The van der Waals surface area contributed by atoms with E-state index in [1.54, 1.807) is 13.2 Å². The zero-order valence-corrected chi connectivity index (χ0v) is 11.5. The smallest absolute Gasteiger partial charge is 0.123 e. The molecule has 3 atom stereocenters. The Balaban J connectivity index is 2.23. The maximum Gasteiger partial charge on any atom is 0.123 e. The molecule has 0 aliphatic carbocycles. The molecule has 1 aliphatic heterocycles. The molecule has 0 spiro atoms. The first-order chi connectivity index (χ1) is 8.11. The normalized spacial score (nSPS) is 25.9. The first kappa shape index (κ1) is 13.0. The highest BCUT2D eigenvalue weighted by molar-refractivity contribution is 6.31. The fourth-order valence-electron chi connectivity index (χ4n) is 2.17. The van der Waals surface area contributed by atoms with E-state index in [-0.39, 0.29) is 17.6 Å². The van der Waals surface area contributed by atoms with Crippen LogP contribution in [0.4, 0.5) is 0 Å². The number of hydrogen-bond donors (Lipinski definition) is 0. The molecule has 1 aromatic carbocycles. The molecule has 0 bridgehead atoms. The first-order valence-corrected chi connectivity index (χ1v) is 6.56. The van der Waals surface area contributed by atoms with Crippen molar-refractivity contribution in [2.24, 2.45) is 0 Å². The van der Waals surface area contributed by atoms with E-state index in [4.69, 9.17) is 32.7 Å². The molecule has 4 heteroatoms. The van der Waals surface area contributed by atoms with E-state index in [1.165, 1.54) is 0 Å². The van der Waals surface area contributed by atoms with Crippen LogP contribution < -0.4 is 4.74 Å². The molecule has 0 N–H and O–H groups in total. The van der Waals surface area contributed by atoms with Crippen LogP contribution in [-0.4, -0.2) is 19.3 Å². The Kier molecular flexibility index (Phi) is 4.18. The van der Waals surface area contributed by atoms with Crippen molar-refractivity contribution >= 4 is 23.2 Å². The minimum Gasteiger partial charge on any atom is -0.496 e. The molecular weight excluding hydrogens is 259 g/mol. The number of alkyl halides is 1. The van der Waals surface area contributed by atoms with Crippen molar-refractivity contribution in [2.75, 3.05) is 7.11 Å². The Morgan fingerprint density at radius 3 is 2.76 bits per heavy atom. The minimum atomic E-state index is -0.214. The second kappa shape index (κ2) is 5.47. The second-order valence-corrected chi connectivity index (χ2v) is 5.26. The number of benzene rings is 1. The van der Waals surface area contributed by atoms with Gasteiger partial charge in [0.05, 0.1) is 24.7 Å². The zero-order valence-electron chi connectivity index (χ0n) is 9.95. The van der Waals surface area contributed by atoms with Crippen molar-refractivity contribution in [2.45, 2.75) is 37.4 Å². The third-order valence-corrected chi connectivity index (χ3v) is 3.83. The lowest BCUT2D eigenvalue weighted by atomic mass is 10.0. The van der Waals surface area contributed by atoms with E-state index in [1.807, 2.05) is 12.1 Å². The summed E-state index contributed by atoms with van der Waals surface area (Å²) in [5.41, 5.74) is 0.903. The summed E-state index contributed by atoms with van der Waals surface area (Å²) in [7, 11) is 1.63. The summed E-state index contributed by atoms with van der Waals surface area (Å²) in [4.78, 5) is 0. The van der Waals surface area contributed by atoms with E-state index in [0.717, 1.165) is 24.2 Å². The summed E-state index contributed by atoms with van der Waals surface area (Å²) in [6.07, 6.45) is 2.35. The molecule has 3 unspecified atom stereocenters. The molecule has 94 valence electrons. The average molecular weight is 275 g/mol. The lowest BCUT2D eigenvalue weighted by Gasteiger charge is -2.20. The van der Waals surface area contributed by atoms with Crippen LogP contribution in [0.25, 0.3) is 0 Å². The summed E-state index contributed by atoms with van der Waals surface area (Å²) in [5.74, 6) is 0.762. The van der Waals surface area contributed by atoms with E-state index in [2.05, 4.69) is 6.92 Å². The van der Waals surface area contributed by atoms with Gasteiger partial charge in [0.25, 0.3) is 0 Å². The molecule has 1 heterocycles. The van der Waals surface area contributed by atoms with Crippen molar-refractivity contribution in [3.63, 3.8) is 0 Å². The maximum absolute atomic E-state index is 6.47. The Morgan fingerprint density at radius 1 is 1.41 bits per heavy atom. The second-order valence-electron chi connectivity index (χ2n) is 4.35. The SMILES string of the molecule is COc1ccc(Cl)cc1C(Cl)C1CCC(C)O1. The highest BCUT2D eigenvalue weighted by Gasteiger charge is 2.31. The molecule has 1 aromatic rings. The fourth-order valence-corrected chi connectivity index (χ4v) is 2.71. The summed E-state index contributed by atoms with van der Waals surface area (Å²) in [5, 5.41) is 0.450. The number of hydrogen-bond acceptors (Lipinski definition) is 2. The van der Waals surface area contributed by atoms with Crippen LogP contribution in [0.3, 0.4) is 0 Å². The summed E-state index contributed by atoms with van der Waals surface area (Å²) in [6, 6.07) is 5.49. The lowest BCUT2D eigenvalue weighted by molar-refractivity contribution is 0.0530. The highest BCUT2D eigenvalue weighted by atomic mass is 35.5. The zero-order chi connectivity index (χ0) is 12.4. The van der Waals surface area contributed by atoms with Crippen LogP contribution in [0.2, 0.25) is 5.02 Å². The Bertz CT molecular complexity index is 395. The van der Waals surface area contributed by atoms with Crippen LogP contribution in [0.5, 0.6) is 5.75 Å². The highest BCUT2D eigenvalue weighted by Crippen LogP contribution is 2.39. The largest absolute Gasteiger partial charge is 0.496 e. The number of ether oxygens (including phenoxy) is 2. The number of rotatable bonds is 3. The quantitative estimate of drug-likeness (QED) is 0.770. The monoisotopic (exact) mass is 274 g/mol. The predicted molar refractivity (Wildman–Crippen MR) is 70.2 cm³/mol. The van der Waals surface area contributed by atoms with Crippen molar-refractivity contribution in [1.82, 2.24) is 0 Å². The summed E-state index contributed by atoms with van der Waals surface area (Å²) < 4.78 is 11.1. The van der Waals surface area contributed by atoms with Crippen molar-refractivity contribution in [1.29, 1.82) is 0 Å². The summed E-state index contributed by atoms with van der Waals surface area (Å²) in [6.45, 7) is 2.07. The van der Waals surface area contributed by atoms with Crippen LogP contribution in [0, 0.1) is 0 Å². The Morgan fingerprint density at radius 2 is 2.18 bits per heavy atom. The Hall–Kier alpha value is -0.440. The van der Waals surface area contributed by atoms with E-state index in [0.29, 0.717) is 5.02 Å². The van der Waals surface area contributed by atoms with Gasteiger partial charge in [-0.25, -0.2) is 0 Å². The number of halogens is 2. The van der Waals surface area contributed by atoms with Gasteiger partial charge in [-0.2, -0.15) is 0 Å². The third kappa shape index (κ3) is 2.87. The average Bonchev–Trinajstić information content (AvgIpc) is 2.75. The molecule has 0 saturated carbocycles.